The Morgan fingerprint density at radius 3 is 2.43 bits per heavy atom. The molecule has 1 unspecified atom stereocenters. The third-order valence-corrected chi connectivity index (χ3v) is 4.25. The molecule has 0 aliphatic rings. The maximum atomic E-state index is 11.8. The lowest BCUT2D eigenvalue weighted by molar-refractivity contribution is 0.121. The number of halogens is 1. The van der Waals surface area contributed by atoms with E-state index in [1.165, 1.54) is 0 Å². The highest BCUT2D eigenvalue weighted by atomic mass is 79.9. The molecular weight excluding hydrogens is 360 g/mol. The van der Waals surface area contributed by atoms with Crippen molar-refractivity contribution < 1.29 is 17.9 Å². The minimum absolute atomic E-state index is 0.378. The van der Waals surface area contributed by atoms with Crippen LogP contribution in [0.1, 0.15) is 19.4 Å². The van der Waals surface area contributed by atoms with E-state index in [2.05, 4.69) is 20.7 Å². The summed E-state index contributed by atoms with van der Waals surface area (Å²) in [6.07, 6.45) is -0.881. The van der Waals surface area contributed by atoms with Crippen LogP contribution in [-0.4, -0.2) is 32.0 Å². The van der Waals surface area contributed by atoms with Gasteiger partial charge in [-0.05, 0) is 25.8 Å². The molecule has 0 aromatic heterocycles. The molecule has 0 saturated carbocycles. The fraction of sp³-hybridized carbons (Fsp3) is 0.462. The van der Waals surface area contributed by atoms with Gasteiger partial charge in [-0.25, -0.2) is 9.52 Å². The van der Waals surface area contributed by atoms with Crippen LogP contribution in [0.25, 0.3) is 0 Å². The molecule has 0 spiro atoms. The van der Waals surface area contributed by atoms with Crippen molar-refractivity contribution in [2.45, 2.75) is 32.4 Å². The molecule has 0 heterocycles. The molecule has 1 amide bonds. The number of carbonyl (C=O) groups excluding carboxylic acids is 1. The van der Waals surface area contributed by atoms with Crippen LogP contribution in [0, 0.1) is 0 Å². The predicted octanol–water partition coefficient (Wildman–Crippen LogP) is 1.96. The number of hydrogen-bond acceptors (Lipinski definition) is 4. The molecule has 2 N–H and O–H groups in total. The number of hydrogen-bond donors (Lipinski definition) is 2. The average Bonchev–Trinajstić information content (AvgIpc) is 2.37. The van der Waals surface area contributed by atoms with Crippen LogP contribution in [0.2, 0.25) is 0 Å². The summed E-state index contributed by atoms with van der Waals surface area (Å²) in [6.45, 7) is 3.27. The second kappa shape index (κ2) is 8.35. The van der Waals surface area contributed by atoms with Gasteiger partial charge in [-0.2, -0.15) is 13.1 Å². The van der Waals surface area contributed by atoms with E-state index in [0.717, 1.165) is 5.56 Å². The summed E-state index contributed by atoms with van der Waals surface area (Å²) in [5, 5.41) is 0.419. The van der Waals surface area contributed by atoms with Crippen molar-refractivity contribution in [1.82, 2.24) is 9.44 Å². The largest absolute Gasteiger partial charge is 0.446 e. The lowest BCUT2D eigenvalue weighted by Gasteiger charge is -2.17. The molecule has 0 fully saturated rings. The van der Waals surface area contributed by atoms with Gasteiger partial charge >= 0.3 is 16.3 Å². The summed E-state index contributed by atoms with van der Waals surface area (Å²) in [6, 6.07) is 9.09. The highest BCUT2D eigenvalue weighted by Gasteiger charge is 2.20. The third kappa shape index (κ3) is 7.45. The Bertz CT molecular complexity index is 549. The molecule has 21 heavy (non-hydrogen) atoms. The van der Waals surface area contributed by atoms with E-state index >= 15 is 0 Å². The Morgan fingerprint density at radius 2 is 1.90 bits per heavy atom. The lowest BCUT2D eigenvalue weighted by atomic mass is 10.1. The van der Waals surface area contributed by atoms with Crippen molar-refractivity contribution in [2.24, 2.45) is 0 Å². The zero-order valence-corrected chi connectivity index (χ0v) is 14.3. The number of ether oxygens (including phenoxy) is 1. The van der Waals surface area contributed by atoms with Gasteiger partial charge < -0.3 is 4.74 Å². The standard InChI is InChI=1S/C13H19BrN2O4S/c1-10(2)20-13(17)16-21(18,19)15-12(9-14)8-11-6-4-3-5-7-11/h3-7,10,12,15H,8-9H2,1-2H3,(H,16,17). The quantitative estimate of drug-likeness (QED) is 0.710. The highest BCUT2D eigenvalue weighted by Crippen LogP contribution is 2.06. The number of amides is 1. The molecule has 1 aromatic rings. The van der Waals surface area contributed by atoms with Crippen molar-refractivity contribution in [1.29, 1.82) is 0 Å². The van der Waals surface area contributed by atoms with Gasteiger partial charge in [-0.3, -0.25) is 0 Å². The molecule has 1 atom stereocenters. The Morgan fingerprint density at radius 1 is 1.29 bits per heavy atom. The van der Waals surface area contributed by atoms with Crippen LogP contribution in [0.15, 0.2) is 30.3 Å². The van der Waals surface area contributed by atoms with E-state index in [0.29, 0.717) is 11.8 Å². The zero-order chi connectivity index (χ0) is 15.9. The van der Waals surface area contributed by atoms with Crippen molar-refractivity contribution in [3.8, 4) is 0 Å². The summed E-state index contributed by atoms with van der Waals surface area (Å²) in [5.74, 6) is 0. The van der Waals surface area contributed by atoms with Gasteiger partial charge in [0.25, 0.3) is 0 Å². The van der Waals surface area contributed by atoms with E-state index in [9.17, 15) is 13.2 Å². The number of rotatable bonds is 7. The van der Waals surface area contributed by atoms with Crippen molar-refractivity contribution in [3.05, 3.63) is 35.9 Å². The van der Waals surface area contributed by atoms with Gasteiger partial charge in [0.2, 0.25) is 0 Å². The van der Waals surface area contributed by atoms with E-state index < -0.39 is 22.4 Å². The first-order valence-electron chi connectivity index (χ1n) is 6.43. The fourth-order valence-corrected chi connectivity index (χ4v) is 3.16. The van der Waals surface area contributed by atoms with Gasteiger partial charge in [0.1, 0.15) is 0 Å². The second-order valence-corrected chi connectivity index (χ2v) is 6.81. The lowest BCUT2D eigenvalue weighted by Crippen LogP contribution is -2.47. The first-order chi connectivity index (χ1) is 9.82. The van der Waals surface area contributed by atoms with E-state index in [4.69, 9.17) is 4.74 Å². The Hall–Kier alpha value is -1.12. The minimum atomic E-state index is -3.96. The first kappa shape index (κ1) is 17.9. The van der Waals surface area contributed by atoms with Crippen molar-refractivity contribution in [2.75, 3.05) is 5.33 Å². The molecule has 1 rings (SSSR count). The molecule has 6 nitrogen and oxygen atoms in total. The molecule has 118 valence electrons. The SMILES string of the molecule is CC(C)OC(=O)NS(=O)(=O)NC(CBr)Cc1ccccc1. The summed E-state index contributed by atoms with van der Waals surface area (Å²) in [7, 11) is -3.96. The van der Waals surface area contributed by atoms with Gasteiger partial charge in [-0.1, -0.05) is 46.3 Å². The van der Waals surface area contributed by atoms with Crippen molar-refractivity contribution in [3.63, 3.8) is 0 Å². The molecular formula is C13H19BrN2O4S. The average molecular weight is 379 g/mol. The van der Waals surface area contributed by atoms with Crippen LogP contribution in [0.4, 0.5) is 4.79 Å². The molecule has 0 aliphatic carbocycles. The summed E-state index contributed by atoms with van der Waals surface area (Å²) < 4.78 is 32.6. The maximum absolute atomic E-state index is 11.8. The Labute approximate surface area is 133 Å². The van der Waals surface area contributed by atoms with Gasteiger partial charge in [0.05, 0.1) is 6.10 Å². The van der Waals surface area contributed by atoms with Gasteiger partial charge in [-0.15, -0.1) is 0 Å². The van der Waals surface area contributed by atoms with Gasteiger partial charge in [0, 0.05) is 11.4 Å². The van der Waals surface area contributed by atoms with Crippen molar-refractivity contribution >= 4 is 32.2 Å². The normalized spacial score (nSPS) is 13.0. The van der Waals surface area contributed by atoms with E-state index in [1.807, 2.05) is 35.1 Å². The number of benzene rings is 1. The maximum Gasteiger partial charge on any atom is 0.422 e. The molecule has 8 heteroatoms. The topological polar surface area (TPSA) is 84.5 Å². The smallest absolute Gasteiger partial charge is 0.422 e. The minimum Gasteiger partial charge on any atom is -0.446 e. The first-order valence-corrected chi connectivity index (χ1v) is 9.03. The molecule has 0 bridgehead atoms. The predicted molar refractivity (Wildman–Crippen MR) is 84.5 cm³/mol. The van der Waals surface area contributed by atoms with E-state index in [-0.39, 0.29) is 6.04 Å². The summed E-state index contributed by atoms with van der Waals surface area (Å²) in [4.78, 5) is 11.3. The third-order valence-electron chi connectivity index (χ3n) is 2.39. The molecule has 0 saturated heterocycles. The molecule has 1 aromatic carbocycles. The summed E-state index contributed by atoms with van der Waals surface area (Å²) in [5.41, 5.74) is 0.995. The Balaban J connectivity index is 2.61. The van der Waals surface area contributed by atoms with Crippen LogP contribution in [0.5, 0.6) is 0 Å². The molecule has 0 aliphatic heterocycles. The fourth-order valence-electron chi connectivity index (χ4n) is 1.62. The zero-order valence-electron chi connectivity index (χ0n) is 11.9. The number of carbonyl (C=O) groups is 1. The van der Waals surface area contributed by atoms with Crippen LogP contribution in [0.3, 0.4) is 0 Å². The van der Waals surface area contributed by atoms with E-state index in [1.54, 1.807) is 13.8 Å². The molecule has 0 radical (unpaired) electrons. The van der Waals surface area contributed by atoms with Crippen LogP contribution >= 0.6 is 15.9 Å². The van der Waals surface area contributed by atoms with Gasteiger partial charge in [0.15, 0.2) is 0 Å². The number of alkyl halides is 1. The second-order valence-electron chi connectivity index (χ2n) is 4.72. The Kier molecular flexibility index (Phi) is 7.13. The monoisotopic (exact) mass is 378 g/mol. The summed E-state index contributed by atoms with van der Waals surface area (Å²) >= 11 is 3.26. The number of nitrogens with one attached hydrogen (secondary N) is 2. The highest BCUT2D eigenvalue weighted by molar-refractivity contribution is 9.09. The van der Waals surface area contributed by atoms with Crippen LogP contribution < -0.4 is 9.44 Å². The van der Waals surface area contributed by atoms with Crippen LogP contribution in [-0.2, 0) is 21.4 Å².